The minimum atomic E-state index is -1.13. The van der Waals surface area contributed by atoms with E-state index >= 15 is 0 Å². The average molecular weight is 528 g/mol. The molecule has 0 aliphatic carbocycles. The van der Waals surface area contributed by atoms with Crippen molar-refractivity contribution >= 4 is 45.3 Å². The summed E-state index contributed by atoms with van der Waals surface area (Å²) in [4.78, 5) is 26.5. The second-order valence-corrected chi connectivity index (χ2v) is 8.74. The molecule has 4 aromatic rings. The topological polar surface area (TPSA) is 97.9 Å². The van der Waals surface area contributed by atoms with Crippen LogP contribution in [-0.2, 0) is 12.1 Å². The SMILES string of the molecule is C=CCn1c(=O)c2cnc(Nc3ccc(I)cc3)nc2n1-c1cccc(C(C)(C)O)n1. The zero-order chi connectivity index (χ0) is 22.2. The Kier molecular flexibility index (Phi) is 5.63. The summed E-state index contributed by atoms with van der Waals surface area (Å²) in [6.07, 6.45) is 3.14. The highest BCUT2D eigenvalue weighted by atomic mass is 127. The highest BCUT2D eigenvalue weighted by Crippen LogP contribution is 2.22. The van der Waals surface area contributed by atoms with Gasteiger partial charge in [-0.1, -0.05) is 12.1 Å². The van der Waals surface area contributed by atoms with Crippen molar-refractivity contribution in [1.29, 1.82) is 0 Å². The number of fused-ring (bicyclic) bond motifs is 1. The molecular formula is C22H21IN6O2. The Bertz CT molecular complexity index is 1320. The fourth-order valence-corrected chi connectivity index (χ4v) is 3.51. The third-order valence-corrected chi connectivity index (χ3v) is 5.38. The molecule has 31 heavy (non-hydrogen) atoms. The van der Waals surface area contributed by atoms with Crippen LogP contribution < -0.4 is 10.9 Å². The summed E-state index contributed by atoms with van der Waals surface area (Å²) in [5.41, 5.74) is 0.355. The van der Waals surface area contributed by atoms with Gasteiger partial charge < -0.3 is 10.4 Å². The van der Waals surface area contributed by atoms with Crippen molar-refractivity contribution in [3.8, 4) is 5.82 Å². The van der Waals surface area contributed by atoms with Crippen molar-refractivity contribution in [2.24, 2.45) is 0 Å². The number of nitrogens with one attached hydrogen (secondary N) is 1. The number of halogens is 1. The van der Waals surface area contributed by atoms with E-state index in [1.54, 1.807) is 42.8 Å². The molecule has 0 aliphatic rings. The lowest BCUT2D eigenvalue weighted by atomic mass is 10.1. The molecular weight excluding hydrogens is 507 g/mol. The molecule has 9 heteroatoms. The van der Waals surface area contributed by atoms with E-state index in [1.165, 1.54) is 10.9 Å². The van der Waals surface area contributed by atoms with Crippen molar-refractivity contribution in [2.75, 3.05) is 5.32 Å². The molecule has 0 saturated heterocycles. The number of aliphatic hydroxyl groups is 1. The lowest BCUT2D eigenvalue weighted by Gasteiger charge is -2.18. The molecule has 1 aromatic carbocycles. The van der Waals surface area contributed by atoms with Gasteiger partial charge in [0.05, 0.1) is 12.2 Å². The molecule has 0 amide bonds. The quantitative estimate of drug-likeness (QED) is 0.293. The van der Waals surface area contributed by atoms with Gasteiger partial charge in [-0.05, 0) is 72.8 Å². The number of allylic oxidation sites excluding steroid dienone is 1. The van der Waals surface area contributed by atoms with Crippen molar-refractivity contribution in [2.45, 2.75) is 26.0 Å². The molecule has 3 aromatic heterocycles. The molecule has 0 unspecified atom stereocenters. The Balaban J connectivity index is 1.90. The second kappa shape index (κ2) is 8.23. The Morgan fingerprint density at radius 3 is 2.61 bits per heavy atom. The van der Waals surface area contributed by atoms with E-state index < -0.39 is 5.60 Å². The normalized spacial score (nSPS) is 11.6. The van der Waals surface area contributed by atoms with Gasteiger partial charge in [0.1, 0.15) is 11.0 Å². The van der Waals surface area contributed by atoms with Gasteiger partial charge in [-0.25, -0.2) is 19.3 Å². The van der Waals surface area contributed by atoms with Crippen molar-refractivity contribution < 1.29 is 5.11 Å². The summed E-state index contributed by atoms with van der Waals surface area (Å²) >= 11 is 2.24. The van der Waals surface area contributed by atoms with E-state index in [4.69, 9.17) is 0 Å². The predicted molar refractivity (Wildman–Crippen MR) is 129 cm³/mol. The Morgan fingerprint density at radius 1 is 1.19 bits per heavy atom. The maximum Gasteiger partial charge on any atom is 0.278 e. The van der Waals surface area contributed by atoms with Crippen LogP contribution in [0.1, 0.15) is 19.5 Å². The second-order valence-electron chi connectivity index (χ2n) is 7.49. The molecule has 8 nitrogen and oxygen atoms in total. The van der Waals surface area contributed by atoms with Crippen LogP contribution in [0.4, 0.5) is 11.6 Å². The van der Waals surface area contributed by atoms with Gasteiger partial charge >= 0.3 is 0 Å². The van der Waals surface area contributed by atoms with E-state index in [-0.39, 0.29) is 12.1 Å². The van der Waals surface area contributed by atoms with Crippen molar-refractivity contribution in [3.05, 3.63) is 80.9 Å². The molecule has 0 bridgehead atoms. The summed E-state index contributed by atoms with van der Waals surface area (Å²) in [5.74, 6) is 0.823. The smallest absolute Gasteiger partial charge is 0.278 e. The number of hydrogen-bond acceptors (Lipinski definition) is 6. The van der Waals surface area contributed by atoms with E-state index in [9.17, 15) is 9.90 Å². The van der Waals surface area contributed by atoms with E-state index in [0.717, 1.165) is 9.26 Å². The monoisotopic (exact) mass is 528 g/mol. The number of anilines is 2. The van der Waals surface area contributed by atoms with Gasteiger partial charge in [0.2, 0.25) is 5.95 Å². The third-order valence-electron chi connectivity index (χ3n) is 4.66. The summed E-state index contributed by atoms with van der Waals surface area (Å²) in [5, 5.41) is 13.9. The molecule has 3 heterocycles. The molecule has 0 saturated carbocycles. The van der Waals surface area contributed by atoms with Gasteiger partial charge in [0, 0.05) is 15.5 Å². The van der Waals surface area contributed by atoms with Crippen molar-refractivity contribution in [3.63, 3.8) is 0 Å². The van der Waals surface area contributed by atoms with Crippen LogP contribution >= 0.6 is 22.6 Å². The molecule has 2 N–H and O–H groups in total. The molecule has 0 fully saturated rings. The minimum absolute atomic E-state index is 0.244. The van der Waals surface area contributed by atoms with E-state index in [0.29, 0.717) is 28.5 Å². The molecule has 4 rings (SSSR count). The number of aromatic nitrogens is 5. The largest absolute Gasteiger partial charge is 0.384 e. The third kappa shape index (κ3) is 4.23. The number of benzene rings is 1. The van der Waals surface area contributed by atoms with Crippen LogP contribution in [0.25, 0.3) is 16.9 Å². The predicted octanol–water partition coefficient (Wildman–Crippen LogP) is 3.74. The van der Waals surface area contributed by atoms with Crippen LogP contribution in [-0.4, -0.2) is 29.4 Å². The standard InChI is InChI=1S/C22H21IN6O2/c1-4-12-28-20(30)16-13-24-21(25-15-10-8-14(23)9-11-15)27-19(16)29(28)18-7-5-6-17(26-18)22(2,3)31/h4-11,13,31H,1,12H2,2-3H3,(H,24,25,27). The van der Waals surface area contributed by atoms with Crippen LogP contribution in [0.15, 0.2) is 66.1 Å². The molecule has 158 valence electrons. The fraction of sp³-hybridized carbons (Fsp3) is 0.182. The van der Waals surface area contributed by atoms with E-state index in [1.807, 2.05) is 24.3 Å². The lowest BCUT2D eigenvalue weighted by Crippen LogP contribution is -2.23. The van der Waals surface area contributed by atoms with Gasteiger partial charge in [0.15, 0.2) is 11.5 Å². The molecule has 0 aliphatic heterocycles. The molecule has 0 atom stereocenters. The van der Waals surface area contributed by atoms with Crippen LogP contribution in [0.3, 0.4) is 0 Å². The number of rotatable bonds is 6. The maximum absolute atomic E-state index is 13.0. The zero-order valence-electron chi connectivity index (χ0n) is 17.1. The van der Waals surface area contributed by atoms with Crippen molar-refractivity contribution in [1.82, 2.24) is 24.3 Å². The highest BCUT2D eigenvalue weighted by molar-refractivity contribution is 14.1. The Morgan fingerprint density at radius 2 is 1.94 bits per heavy atom. The first kappa shape index (κ1) is 21.2. The van der Waals surface area contributed by atoms with Gasteiger partial charge in [-0.3, -0.25) is 4.79 Å². The van der Waals surface area contributed by atoms with Crippen LogP contribution in [0.5, 0.6) is 0 Å². The van der Waals surface area contributed by atoms with Gasteiger partial charge in [-0.2, -0.15) is 4.98 Å². The zero-order valence-corrected chi connectivity index (χ0v) is 19.2. The molecule has 0 radical (unpaired) electrons. The van der Waals surface area contributed by atoms with Gasteiger partial charge in [0.25, 0.3) is 5.56 Å². The Labute approximate surface area is 192 Å². The Hall–Kier alpha value is -3.05. The van der Waals surface area contributed by atoms with Crippen LogP contribution in [0.2, 0.25) is 0 Å². The number of pyridine rings is 1. The summed E-state index contributed by atoms with van der Waals surface area (Å²) < 4.78 is 4.25. The lowest BCUT2D eigenvalue weighted by molar-refractivity contribution is 0.0738. The van der Waals surface area contributed by atoms with Gasteiger partial charge in [-0.15, -0.1) is 6.58 Å². The van der Waals surface area contributed by atoms with Crippen LogP contribution in [0, 0.1) is 3.57 Å². The number of nitrogens with zero attached hydrogens (tertiary/aromatic N) is 5. The minimum Gasteiger partial charge on any atom is -0.384 e. The first-order valence-corrected chi connectivity index (χ1v) is 10.7. The number of hydrogen-bond donors (Lipinski definition) is 2. The first-order valence-electron chi connectivity index (χ1n) is 9.60. The van der Waals surface area contributed by atoms with E-state index in [2.05, 4.69) is 49.4 Å². The molecule has 0 spiro atoms. The maximum atomic E-state index is 13.0. The summed E-state index contributed by atoms with van der Waals surface area (Å²) in [6, 6.07) is 13.1. The first-order chi connectivity index (χ1) is 14.8. The summed E-state index contributed by atoms with van der Waals surface area (Å²) in [7, 11) is 0. The fourth-order valence-electron chi connectivity index (χ4n) is 3.15. The average Bonchev–Trinajstić information content (AvgIpc) is 3.01. The highest BCUT2D eigenvalue weighted by Gasteiger charge is 2.21. The summed E-state index contributed by atoms with van der Waals surface area (Å²) in [6.45, 7) is 7.35.